The molecule has 0 aromatic rings. The molecule has 7 heteroatoms. The van der Waals surface area contributed by atoms with E-state index in [9.17, 15) is 14.4 Å². The van der Waals surface area contributed by atoms with Gasteiger partial charge in [0.25, 0.3) is 0 Å². The lowest BCUT2D eigenvalue weighted by molar-refractivity contribution is -0.129. The van der Waals surface area contributed by atoms with E-state index in [2.05, 4.69) is 10.6 Å². The molecule has 1 aliphatic carbocycles. The molecule has 1 saturated carbocycles. The van der Waals surface area contributed by atoms with Gasteiger partial charge in [0.1, 0.15) is 6.61 Å². The van der Waals surface area contributed by atoms with Gasteiger partial charge in [0.05, 0.1) is 25.9 Å². The molecular weight excluding hydrogens is 324 g/mol. The molecule has 0 aromatic heterocycles. The summed E-state index contributed by atoms with van der Waals surface area (Å²) in [4.78, 5) is 35.1. The summed E-state index contributed by atoms with van der Waals surface area (Å²) in [5.41, 5.74) is 0. The van der Waals surface area contributed by atoms with E-state index in [0.29, 0.717) is 19.6 Å². The number of carbonyl (C=O) groups excluding carboxylic acids is 3. The van der Waals surface area contributed by atoms with Crippen LogP contribution in [0.4, 0.5) is 0 Å². The number of Topliss-reactive ketones (excluding diaryl/α,β-unsaturated/α-hetero) is 1. The molecule has 0 spiro atoms. The average molecular weight is 360 g/mol. The number of hydrogen-bond acceptors (Lipinski definition) is 5. The summed E-state index contributed by atoms with van der Waals surface area (Å²) in [5, 5.41) is 5.65. The van der Waals surface area contributed by atoms with Crippen molar-refractivity contribution in [2.45, 2.75) is 65.0 Å². The molecule has 7 nitrogen and oxygen atoms in total. The van der Waals surface area contributed by atoms with Gasteiger partial charge in [-0.05, 0) is 39.5 Å². The number of hydrogen-bond donors (Lipinski definition) is 2. The second-order valence-electron chi connectivity index (χ2n) is 6.70. The maximum absolute atomic E-state index is 12.0. The van der Waals surface area contributed by atoms with Crippen LogP contribution in [0.5, 0.6) is 0 Å². The predicted molar refractivity (Wildman–Crippen MR) is 98.3 cm³/mol. The highest BCUT2D eigenvalue weighted by Crippen LogP contribution is 2.24. The van der Waals surface area contributed by atoms with E-state index < -0.39 is 0 Å². The molecule has 2 N–H and O–H groups in total. The zero-order valence-electron chi connectivity index (χ0n) is 15.6. The summed E-state index contributed by atoms with van der Waals surface area (Å²) < 4.78 is 10.6. The van der Waals surface area contributed by atoms with Crippen molar-refractivity contribution in [1.82, 2.24) is 10.6 Å². The molecule has 0 heterocycles. The minimum atomic E-state index is -0.133. The van der Waals surface area contributed by atoms with Gasteiger partial charge < -0.3 is 20.1 Å². The summed E-state index contributed by atoms with van der Waals surface area (Å²) in [5.74, 6) is -0.221. The van der Waals surface area contributed by atoms with Crippen molar-refractivity contribution in [3.63, 3.8) is 0 Å². The molecule has 0 bridgehead atoms. The van der Waals surface area contributed by atoms with Gasteiger partial charge in [0.2, 0.25) is 11.8 Å². The first kappa shape index (κ1) is 21.6. The molecule has 25 heavy (non-hydrogen) atoms. The van der Waals surface area contributed by atoms with E-state index in [-0.39, 0.29) is 51.7 Å². The highest BCUT2D eigenvalue weighted by atomic mass is 16.5. The maximum Gasteiger partial charge on any atom is 0.246 e. The fourth-order valence-electron chi connectivity index (χ4n) is 2.73. The standard InChI is InChI=1S/C18H32N2O5.2H2/c1-4-16(21)11-19-18(23)14-5-7-15(8-6-14)20-17(22)12-24-9-10-25-13(2)3;;/h13-15H,4-12H2,1-3H3,(H,19,23)(H,20,22);2*1H. The van der Waals surface area contributed by atoms with Crippen LogP contribution in [-0.4, -0.2) is 56.1 Å². The Morgan fingerprint density at radius 2 is 1.80 bits per heavy atom. The van der Waals surface area contributed by atoms with Crippen LogP contribution < -0.4 is 10.6 Å². The van der Waals surface area contributed by atoms with Gasteiger partial charge in [-0.2, -0.15) is 0 Å². The Bertz CT molecular complexity index is 441. The van der Waals surface area contributed by atoms with Gasteiger partial charge in [0.15, 0.2) is 5.78 Å². The van der Waals surface area contributed by atoms with Crippen molar-refractivity contribution in [3.05, 3.63) is 0 Å². The SMILES string of the molecule is CCC(=O)CNC(=O)C1CCC(NC(=O)COCCOC(C)C)CC1.[HH].[HH]. The Labute approximate surface area is 153 Å². The average Bonchev–Trinajstić information content (AvgIpc) is 2.59. The predicted octanol–water partition coefficient (Wildman–Crippen LogP) is 1.69. The Balaban J connectivity index is 0. The second-order valence-corrected chi connectivity index (χ2v) is 6.70. The van der Waals surface area contributed by atoms with Crippen LogP contribution in [0.1, 0.15) is 55.7 Å². The molecule has 0 radical (unpaired) electrons. The molecule has 148 valence electrons. The largest absolute Gasteiger partial charge is 0.376 e. The zero-order chi connectivity index (χ0) is 18.7. The molecule has 0 unspecified atom stereocenters. The first-order valence-electron chi connectivity index (χ1n) is 9.20. The molecular formula is C18H36N2O5. The number of amides is 2. The highest BCUT2D eigenvalue weighted by molar-refractivity contribution is 5.86. The van der Waals surface area contributed by atoms with Gasteiger partial charge >= 0.3 is 0 Å². The third-order valence-electron chi connectivity index (χ3n) is 4.23. The lowest BCUT2D eigenvalue weighted by atomic mass is 9.85. The number of ether oxygens (including phenoxy) is 2. The van der Waals surface area contributed by atoms with Gasteiger partial charge in [0, 0.05) is 21.2 Å². The van der Waals surface area contributed by atoms with Crippen molar-refractivity contribution in [2.75, 3.05) is 26.4 Å². The van der Waals surface area contributed by atoms with Gasteiger partial charge in [-0.3, -0.25) is 14.4 Å². The fourth-order valence-corrected chi connectivity index (χ4v) is 2.73. The second kappa shape index (κ2) is 12.0. The highest BCUT2D eigenvalue weighted by Gasteiger charge is 2.27. The molecule has 0 aliphatic heterocycles. The number of ketones is 1. The summed E-state index contributed by atoms with van der Waals surface area (Å²) in [6.07, 6.45) is 3.57. The van der Waals surface area contributed by atoms with Crippen molar-refractivity contribution in [1.29, 1.82) is 0 Å². The van der Waals surface area contributed by atoms with E-state index in [1.165, 1.54) is 0 Å². The van der Waals surface area contributed by atoms with E-state index in [1.54, 1.807) is 6.92 Å². The molecule has 1 aliphatic rings. The summed E-state index contributed by atoms with van der Waals surface area (Å²) >= 11 is 0. The quantitative estimate of drug-likeness (QED) is 0.547. The maximum atomic E-state index is 12.0. The Morgan fingerprint density at radius 3 is 2.40 bits per heavy atom. The Hall–Kier alpha value is -1.47. The van der Waals surface area contributed by atoms with E-state index >= 15 is 0 Å². The van der Waals surface area contributed by atoms with Crippen LogP contribution in [-0.2, 0) is 23.9 Å². The van der Waals surface area contributed by atoms with Crippen LogP contribution in [0.2, 0.25) is 0 Å². The molecule has 1 fully saturated rings. The lowest BCUT2D eigenvalue weighted by Crippen LogP contribution is -2.42. The topological polar surface area (TPSA) is 93.7 Å². The third kappa shape index (κ3) is 9.55. The van der Waals surface area contributed by atoms with Crippen molar-refractivity contribution in [3.8, 4) is 0 Å². The summed E-state index contributed by atoms with van der Waals surface area (Å²) in [6, 6.07) is 0.0873. The molecule has 0 atom stereocenters. The van der Waals surface area contributed by atoms with Crippen LogP contribution in [0.25, 0.3) is 0 Å². The minimum absolute atomic E-state index is 0. The summed E-state index contributed by atoms with van der Waals surface area (Å²) in [6.45, 7) is 6.70. The molecule has 0 saturated heterocycles. The lowest BCUT2D eigenvalue weighted by Gasteiger charge is -2.28. The number of carbonyl (C=O) groups is 3. The Morgan fingerprint density at radius 1 is 1.12 bits per heavy atom. The van der Waals surface area contributed by atoms with Crippen molar-refractivity contribution < 1.29 is 26.7 Å². The number of rotatable bonds is 11. The molecule has 0 aromatic carbocycles. The fraction of sp³-hybridized carbons (Fsp3) is 0.833. The third-order valence-corrected chi connectivity index (χ3v) is 4.23. The van der Waals surface area contributed by atoms with Gasteiger partial charge in [-0.1, -0.05) is 6.92 Å². The van der Waals surface area contributed by atoms with Gasteiger partial charge in [-0.25, -0.2) is 0 Å². The molecule has 1 rings (SSSR count). The smallest absolute Gasteiger partial charge is 0.246 e. The van der Waals surface area contributed by atoms with E-state index in [4.69, 9.17) is 9.47 Å². The monoisotopic (exact) mass is 360 g/mol. The first-order valence-corrected chi connectivity index (χ1v) is 9.20. The Kier molecular flexibility index (Phi) is 10.3. The van der Waals surface area contributed by atoms with Gasteiger partial charge in [-0.15, -0.1) is 0 Å². The van der Waals surface area contributed by atoms with Crippen LogP contribution in [0.3, 0.4) is 0 Å². The van der Waals surface area contributed by atoms with Crippen LogP contribution in [0.15, 0.2) is 0 Å². The van der Waals surface area contributed by atoms with Crippen LogP contribution >= 0.6 is 0 Å². The van der Waals surface area contributed by atoms with Crippen molar-refractivity contribution in [2.24, 2.45) is 5.92 Å². The summed E-state index contributed by atoms with van der Waals surface area (Å²) in [7, 11) is 0. The van der Waals surface area contributed by atoms with E-state index in [0.717, 1.165) is 25.7 Å². The zero-order valence-corrected chi connectivity index (χ0v) is 15.6. The van der Waals surface area contributed by atoms with Crippen molar-refractivity contribution >= 4 is 17.6 Å². The van der Waals surface area contributed by atoms with Crippen LogP contribution in [0, 0.1) is 5.92 Å². The van der Waals surface area contributed by atoms with E-state index in [1.807, 2.05) is 13.8 Å². The number of nitrogens with one attached hydrogen (secondary N) is 2. The molecule has 2 amide bonds. The first-order chi connectivity index (χ1) is 11.9. The normalized spacial score (nSPS) is 20.3. The minimum Gasteiger partial charge on any atom is -0.376 e.